The summed E-state index contributed by atoms with van der Waals surface area (Å²) < 4.78 is 0.895. The maximum Gasteiger partial charge on any atom is 0.0931 e. The van der Waals surface area contributed by atoms with E-state index in [-0.39, 0.29) is 0 Å². The maximum atomic E-state index is 6.00. The monoisotopic (exact) mass is 300 g/mol. The Labute approximate surface area is 126 Å². The van der Waals surface area contributed by atoms with Crippen molar-refractivity contribution in [3.8, 4) is 0 Å². The molecule has 1 N–H and O–H groups in total. The first-order chi connectivity index (χ1) is 9.13. The van der Waals surface area contributed by atoms with E-state index in [9.17, 15) is 0 Å². The van der Waals surface area contributed by atoms with Gasteiger partial charge in [-0.2, -0.15) is 0 Å². The number of nitrogens with one attached hydrogen (secondary N) is 1. The van der Waals surface area contributed by atoms with E-state index in [4.69, 9.17) is 11.6 Å². The molecule has 1 aliphatic rings. The minimum Gasteiger partial charge on any atom is -0.316 e. The Bertz CT molecular complexity index is 385. The number of thiophene rings is 1. The summed E-state index contributed by atoms with van der Waals surface area (Å²) in [5, 5.41) is 3.56. The van der Waals surface area contributed by atoms with Gasteiger partial charge in [-0.3, -0.25) is 0 Å². The summed E-state index contributed by atoms with van der Waals surface area (Å²) in [6, 6.07) is 4.15. The second-order valence-corrected chi connectivity index (χ2v) is 7.67. The van der Waals surface area contributed by atoms with Crippen LogP contribution in [0.5, 0.6) is 0 Å². The number of rotatable bonds is 7. The van der Waals surface area contributed by atoms with Crippen molar-refractivity contribution in [2.24, 2.45) is 5.41 Å². The van der Waals surface area contributed by atoms with E-state index in [1.165, 1.54) is 43.6 Å². The number of halogens is 1. The van der Waals surface area contributed by atoms with Crippen LogP contribution >= 0.6 is 22.9 Å². The van der Waals surface area contributed by atoms with Crippen LogP contribution in [0.1, 0.15) is 37.5 Å². The van der Waals surface area contributed by atoms with Gasteiger partial charge in [0, 0.05) is 24.5 Å². The molecule has 0 bridgehead atoms. The molecule has 108 valence electrons. The van der Waals surface area contributed by atoms with E-state index in [0.717, 1.165) is 17.4 Å². The lowest BCUT2D eigenvalue weighted by Gasteiger charge is -2.33. The van der Waals surface area contributed by atoms with Crippen LogP contribution < -0.4 is 5.32 Å². The maximum absolute atomic E-state index is 6.00. The molecule has 1 aromatic heterocycles. The Balaban J connectivity index is 1.89. The van der Waals surface area contributed by atoms with Gasteiger partial charge < -0.3 is 10.2 Å². The summed E-state index contributed by atoms with van der Waals surface area (Å²) in [5.41, 5.74) is 0.492. The zero-order valence-corrected chi connectivity index (χ0v) is 13.6. The molecule has 1 fully saturated rings. The zero-order chi connectivity index (χ0) is 13.7. The Kier molecular flexibility index (Phi) is 5.70. The van der Waals surface area contributed by atoms with E-state index >= 15 is 0 Å². The van der Waals surface area contributed by atoms with E-state index in [2.05, 4.69) is 30.3 Å². The molecule has 0 aliphatic heterocycles. The topological polar surface area (TPSA) is 15.3 Å². The van der Waals surface area contributed by atoms with Crippen molar-refractivity contribution < 1.29 is 0 Å². The van der Waals surface area contributed by atoms with Gasteiger partial charge in [-0.25, -0.2) is 0 Å². The highest BCUT2D eigenvalue weighted by Gasteiger charge is 2.34. The standard InChI is InChI=1S/C15H25ClN2S/c1-3-17-11-15(8-4-5-9-15)12-18(2)10-13-6-7-14(16)19-13/h6-7,17H,3-5,8-12H2,1-2H3. The number of hydrogen-bond acceptors (Lipinski definition) is 3. The smallest absolute Gasteiger partial charge is 0.0931 e. The summed E-state index contributed by atoms with van der Waals surface area (Å²) in [5.74, 6) is 0. The van der Waals surface area contributed by atoms with Crippen LogP contribution in [-0.4, -0.2) is 31.6 Å². The normalized spacial score (nSPS) is 18.3. The van der Waals surface area contributed by atoms with Crippen molar-refractivity contribution in [3.63, 3.8) is 0 Å². The molecular formula is C15H25ClN2S. The minimum absolute atomic E-state index is 0.492. The molecule has 1 aromatic rings. The largest absolute Gasteiger partial charge is 0.316 e. The van der Waals surface area contributed by atoms with E-state index < -0.39 is 0 Å². The fraction of sp³-hybridized carbons (Fsp3) is 0.733. The molecule has 1 saturated carbocycles. The van der Waals surface area contributed by atoms with Crippen LogP contribution in [0.25, 0.3) is 0 Å². The molecule has 0 atom stereocenters. The van der Waals surface area contributed by atoms with Crippen LogP contribution in [0.15, 0.2) is 12.1 Å². The van der Waals surface area contributed by atoms with Crippen molar-refractivity contribution in [1.82, 2.24) is 10.2 Å². The van der Waals surface area contributed by atoms with Crippen molar-refractivity contribution in [2.45, 2.75) is 39.2 Å². The SMILES string of the molecule is CCNCC1(CN(C)Cc2ccc(Cl)s2)CCCC1. The second kappa shape index (κ2) is 7.07. The summed E-state index contributed by atoms with van der Waals surface area (Å²) >= 11 is 7.70. The molecule has 0 aromatic carbocycles. The van der Waals surface area contributed by atoms with Gasteiger partial charge in [-0.15, -0.1) is 11.3 Å². The summed E-state index contributed by atoms with van der Waals surface area (Å²) in [6.07, 6.45) is 5.53. The summed E-state index contributed by atoms with van der Waals surface area (Å²) in [4.78, 5) is 3.83. The molecule has 19 heavy (non-hydrogen) atoms. The average Bonchev–Trinajstić information content (AvgIpc) is 2.97. The Hall–Kier alpha value is -0.0900. The van der Waals surface area contributed by atoms with E-state index in [1.54, 1.807) is 11.3 Å². The fourth-order valence-electron chi connectivity index (χ4n) is 3.24. The molecule has 1 aliphatic carbocycles. The van der Waals surface area contributed by atoms with Gasteiger partial charge in [0.2, 0.25) is 0 Å². The molecule has 1 heterocycles. The first-order valence-electron chi connectivity index (χ1n) is 7.27. The third-order valence-electron chi connectivity index (χ3n) is 4.07. The van der Waals surface area contributed by atoms with E-state index in [1.807, 2.05) is 6.07 Å². The molecule has 0 unspecified atom stereocenters. The lowest BCUT2D eigenvalue weighted by molar-refractivity contribution is 0.169. The molecule has 2 nitrogen and oxygen atoms in total. The lowest BCUT2D eigenvalue weighted by atomic mass is 9.85. The number of nitrogens with zero attached hydrogens (tertiary/aromatic N) is 1. The predicted octanol–water partition coefficient (Wildman–Crippen LogP) is 4.00. The first kappa shape index (κ1) is 15.3. The van der Waals surface area contributed by atoms with Gasteiger partial charge >= 0.3 is 0 Å². The van der Waals surface area contributed by atoms with Gasteiger partial charge in [0.1, 0.15) is 0 Å². The Morgan fingerprint density at radius 3 is 2.68 bits per heavy atom. The minimum atomic E-state index is 0.492. The highest BCUT2D eigenvalue weighted by atomic mass is 35.5. The van der Waals surface area contributed by atoms with Gasteiger partial charge in [-0.05, 0) is 44.0 Å². The summed E-state index contributed by atoms with van der Waals surface area (Å²) in [6.45, 7) is 6.64. The second-order valence-electron chi connectivity index (χ2n) is 5.87. The Morgan fingerprint density at radius 1 is 1.37 bits per heavy atom. The molecule has 4 heteroatoms. The van der Waals surface area contributed by atoms with Crippen LogP contribution in [0, 0.1) is 5.41 Å². The highest BCUT2D eigenvalue weighted by molar-refractivity contribution is 7.16. The van der Waals surface area contributed by atoms with Crippen LogP contribution in [0.3, 0.4) is 0 Å². The molecule has 0 amide bonds. The highest BCUT2D eigenvalue weighted by Crippen LogP contribution is 2.38. The van der Waals surface area contributed by atoms with Gasteiger partial charge in [0.05, 0.1) is 4.34 Å². The zero-order valence-electron chi connectivity index (χ0n) is 12.0. The third-order valence-corrected chi connectivity index (χ3v) is 5.29. The average molecular weight is 301 g/mol. The van der Waals surface area contributed by atoms with Crippen LogP contribution in [0.2, 0.25) is 4.34 Å². The summed E-state index contributed by atoms with van der Waals surface area (Å²) in [7, 11) is 2.24. The van der Waals surface area contributed by atoms with E-state index in [0.29, 0.717) is 5.41 Å². The molecular weight excluding hydrogens is 276 g/mol. The quantitative estimate of drug-likeness (QED) is 0.819. The Morgan fingerprint density at radius 2 is 2.11 bits per heavy atom. The van der Waals surface area contributed by atoms with Crippen molar-refractivity contribution in [1.29, 1.82) is 0 Å². The third kappa shape index (κ3) is 4.45. The fourth-order valence-corrected chi connectivity index (χ4v) is 4.41. The molecule has 2 rings (SSSR count). The van der Waals surface area contributed by atoms with Crippen LogP contribution in [0.4, 0.5) is 0 Å². The van der Waals surface area contributed by atoms with Crippen molar-refractivity contribution in [3.05, 3.63) is 21.3 Å². The van der Waals surface area contributed by atoms with Crippen molar-refractivity contribution in [2.75, 3.05) is 26.7 Å². The lowest BCUT2D eigenvalue weighted by Crippen LogP contribution is -2.41. The predicted molar refractivity (Wildman–Crippen MR) is 85.1 cm³/mol. The molecule has 0 radical (unpaired) electrons. The first-order valence-corrected chi connectivity index (χ1v) is 8.46. The van der Waals surface area contributed by atoms with Gasteiger partial charge in [0.15, 0.2) is 0 Å². The molecule has 0 saturated heterocycles. The van der Waals surface area contributed by atoms with Gasteiger partial charge in [-0.1, -0.05) is 31.4 Å². The van der Waals surface area contributed by atoms with Crippen LogP contribution in [-0.2, 0) is 6.54 Å². The van der Waals surface area contributed by atoms with Gasteiger partial charge in [0.25, 0.3) is 0 Å². The number of hydrogen-bond donors (Lipinski definition) is 1. The van der Waals surface area contributed by atoms with Crippen molar-refractivity contribution >= 4 is 22.9 Å². The molecule has 0 spiro atoms.